The number of fused-ring (bicyclic) bond motifs is 2. The number of nitrogens with zero attached hydrogens (tertiary/aromatic N) is 1. The summed E-state index contributed by atoms with van der Waals surface area (Å²) in [5, 5.41) is 1.13. The Hall–Kier alpha value is -1.37. The highest BCUT2D eigenvalue weighted by atomic mass is 35.5. The third-order valence-electron chi connectivity index (χ3n) is 5.97. The minimum absolute atomic E-state index is 0.108. The van der Waals surface area contributed by atoms with E-state index in [1.807, 2.05) is 6.07 Å². The molecule has 2 fully saturated rings. The van der Waals surface area contributed by atoms with Crippen molar-refractivity contribution in [3.8, 4) is 5.75 Å². The van der Waals surface area contributed by atoms with Crippen molar-refractivity contribution in [3.63, 3.8) is 0 Å². The number of hydrogen-bond acceptors (Lipinski definition) is 3. The molecule has 2 atom stereocenters. The molecule has 0 spiro atoms. The van der Waals surface area contributed by atoms with Gasteiger partial charge in [0.25, 0.3) is 0 Å². The van der Waals surface area contributed by atoms with Crippen molar-refractivity contribution >= 4 is 23.4 Å². The molecule has 7 heteroatoms. The molecule has 2 aliphatic rings. The summed E-state index contributed by atoms with van der Waals surface area (Å²) >= 11 is 8.27. The molecule has 0 aliphatic carbocycles. The smallest absolute Gasteiger partial charge is 0.416 e. The Kier molecular flexibility index (Phi) is 6.05. The van der Waals surface area contributed by atoms with Crippen LogP contribution in [0.3, 0.4) is 0 Å². The summed E-state index contributed by atoms with van der Waals surface area (Å²) in [5.41, 5.74) is -0.563. The van der Waals surface area contributed by atoms with Crippen LogP contribution >= 0.6 is 23.4 Å². The number of piperidine rings is 1. The number of thioether (sulfide) groups is 1. The summed E-state index contributed by atoms with van der Waals surface area (Å²) < 4.78 is 45.0. The molecule has 29 heavy (non-hydrogen) atoms. The Balaban J connectivity index is 1.40. The summed E-state index contributed by atoms with van der Waals surface area (Å²) in [6.07, 6.45) is 0.489. The van der Waals surface area contributed by atoms with E-state index in [1.165, 1.54) is 37.8 Å². The van der Waals surface area contributed by atoms with Gasteiger partial charge in [0.1, 0.15) is 12.4 Å². The summed E-state index contributed by atoms with van der Waals surface area (Å²) in [5.74, 6) is 0.472. The second kappa shape index (κ2) is 8.40. The van der Waals surface area contributed by atoms with Gasteiger partial charge in [0.2, 0.25) is 0 Å². The first-order valence-corrected chi connectivity index (χ1v) is 11.0. The van der Waals surface area contributed by atoms with Crippen LogP contribution in [0.1, 0.15) is 36.8 Å². The lowest BCUT2D eigenvalue weighted by Gasteiger charge is -2.36. The van der Waals surface area contributed by atoms with Gasteiger partial charge in [-0.05, 0) is 57.0 Å². The molecule has 2 saturated heterocycles. The van der Waals surface area contributed by atoms with E-state index in [-0.39, 0.29) is 12.2 Å². The number of halogens is 4. The van der Waals surface area contributed by atoms with E-state index in [9.17, 15) is 13.2 Å². The predicted octanol–water partition coefficient (Wildman–Crippen LogP) is 6.66. The highest BCUT2D eigenvalue weighted by Gasteiger charge is 2.38. The van der Waals surface area contributed by atoms with Crippen LogP contribution < -0.4 is 4.74 Å². The Morgan fingerprint density at radius 2 is 1.79 bits per heavy atom. The third kappa shape index (κ3) is 4.70. The van der Waals surface area contributed by atoms with Crippen molar-refractivity contribution in [2.24, 2.45) is 0 Å². The lowest BCUT2D eigenvalue weighted by atomic mass is 10.0. The van der Waals surface area contributed by atoms with Crippen LogP contribution in [0.15, 0.2) is 47.4 Å². The topological polar surface area (TPSA) is 12.5 Å². The van der Waals surface area contributed by atoms with Gasteiger partial charge in [0, 0.05) is 27.8 Å². The minimum atomic E-state index is -4.40. The fraction of sp³-hybridized carbons (Fsp3) is 0.455. The van der Waals surface area contributed by atoms with Crippen molar-refractivity contribution in [2.75, 3.05) is 7.05 Å². The van der Waals surface area contributed by atoms with E-state index >= 15 is 0 Å². The van der Waals surface area contributed by atoms with Gasteiger partial charge >= 0.3 is 6.18 Å². The van der Waals surface area contributed by atoms with Crippen molar-refractivity contribution < 1.29 is 17.9 Å². The molecular weight excluding hydrogens is 419 g/mol. The number of hydrogen-bond donors (Lipinski definition) is 0. The van der Waals surface area contributed by atoms with E-state index in [4.69, 9.17) is 16.3 Å². The molecule has 2 heterocycles. The number of ether oxygens (including phenoxy) is 1. The van der Waals surface area contributed by atoms with Crippen molar-refractivity contribution in [1.29, 1.82) is 0 Å². The van der Waals surface area contributed by atoms with Gasteiger partial charge in [0.05, 0.1) is 10.6 Å². The monoisotopic (exact) mass is 441 g/mol. The largest absolute Gasteiger partial charge is 0.489 e. The highest BCUT2D eigenvalue weighted by molar-refractivity contribution is 8.00. The van der Waals surface area contributed by atoms with Crippen LogP contribution in [0.5, 0.6) is 5.75 Å². The summed E-state index contributed by atoms with van der Waals surface area (Å²) in [4.78, 5) is 3.51. The van der Waals surface area contributed by atoms with Gasteiger partial charge in [-0.3, -0.25) is 0 Å². The van der Waals surface area contributed by atoms with Gasteiger partial charge in [-0.2, -0.15) is 13.2 Å². The molecule has 0 radical (unpaired) electrons. The molecule has 2 bridgehead atoms. The molecule has 0 N–H and O–H groups in total. The van der Waals surface area contributed by atoms with Gasteiger partial charge in [-0.25, -0.2) is 0 Å². The summed E-state index contributed by atoms with van der Waals surface area (Å²) in [6.45, 7) is -0.156. The average molecular weight is 442 g/mol. The van der Waals surface area contributed by atoms with Gasteiger partial charge in [0.15, 0.2) is 0 Å². The average Bonchev–Trinajstić information content (AvgIpc) is 2.89. The van der Waals surface area contributed by atoms with Gasteiger partial charge in [-0.1, -0.05) is 29.8 Å². The fourth-order valence-electron chi connectivity index (χ4n) is 4.39. The molecule has 0 aromatic heterocycles. The number of alkyl halides is 3. The molecule has 2 aromatic rings. The fourth-order valence-corrected chi connectivity index (χ4v) is 6.01. The zero-order valence-electron chi connectivity index (χ0n) is 16.1. The van der Waals surface area contributed by atoms with Crippen molar-refractivity contribution in [3.05, 3.63) is 58.6 Å². The lowest BCUT2D eigenvalue weighted by Crippen LogP contribution is -2.40. The maximum absolute atomic E-state index is 13.1. The third-order valence-corrected chi connectivity index (χ3v) is 7.72. The minimum Gasteiger partial charge on any atom is -0.489 e. The van der Waals surface area contributed by atoms with Crippen LogP contribution in [-0.2, 0) is 12.8 Å². The maximum Gasteiger partial charge on any atom is 0.416 e. The van der Waals surface area contributed by atoms with E-state index in [0.717, 1.165) is 11.0 Å². The molecule has 156 valence electrons. The van der Waals surface area contributed by atoms with Crippen LogP contribution in [0.4, 0.5) is 13.2 Å². The highest BCUT2D eigenvalue weighted by Crippen LogP contribution is 2.43. The first-order valence-electron chi connectivity index (χ1n) is 9.77. The van der Waals surface area contributed by atoms with E-state index < -0.39 is 11.7 Å². The van der Waals surface area contributed by atoms with Crippen LogP contribution in [0.25, 0.3) is 0 Å². The molecular formula is C22H23ClF3NOS. The quantitative estimate of drug-likeness (QED) is 0.515. The molecule has 0 amide bonds. The first-order chi connectivity index (χ1) is 13.8. The second-order valence-electron chi connectivity index (χ2n) is 7.80. The molecule has 0 saturated carbocycles. The molecule has 2 unspecified atom stereocenters. The number of rotatable bonds is 5. The zero-order chi connectivity index (χ0) is 20.6. The van der Waals surface area contributed by atoms with E-state index in [0.29, 0.717) is 28.1 Å². The standard InChI is InChI=1S/C22H23ClF3NOS/c1-27-15-6-7-16(27)11-18(10-15)29-21-9-8-17(12-20(21)23)28-13-14-4-2-3-5-19(14)22(24,25)26/h2-5,8-9,12,15-16,18H,6-7,10-11,13H2,1H3. The van der Waals surface area contributed by atoms with E-state index in [1.54, 1.807) is 30.0 Å². The molecule has 4 rings (SSSR count). The Morgan fingerprint density at radius 3 is 2.45 bits per heavy atom. The van der Waals surface area contributed by atoms with Crippen LogP contribution in [-0.4, -0.2) is 29.3 Å². The van der Waals surface area contributed by atoms with Crippen molar-refractivity contribution in [2.45, 2.75) is 60.7 Å². The Morgan fingerprint density at radius 1 is 1.10 bits per heavy atom. The van der Waals surface area contributed by atoms with Crippen LogP contribution in [0.2, 0.25) is 5.02 Å². The van der Waals surface area contributed by atoms with Gasteiger partial charge in [-0.15, -0.1) is 11.8 Å². The molecule has 2 aliphatic heterocycles. The predicted molar refractivity (Wildman–Crippen MR) is 111 cm³/mol. The van der Waals surface area contributed by atoms with Crippen molar-refractivity contribution in [1.82, 2.24) is 4.90 Å². The first kappa shape index (κ1) is 20.9. The maximum atomic E-state index is 13.1. The summed E-state index contributed by atoms with van der Waals surface area (Å²) in [6, 6.07) is 12.2. The Bertz CT molecular complexity index is 861. The van der Waals surface area contributed by atoms with Crippen LogP contribution in [0, 0.1) is 0 Å². The number of benzene rings is 2. The lowest BCUT2D eigenvalue weighted by molar-refractivity contribution is -0.138. The van der Waals surface area contributed by atoms with Gasteiger partial charge < -0.3 is 9.64 Å². The van der Waals surface area contributed by atoms with E-state index in [2.05, 4.69) is 11.9 Å². The SMILES string of the molecule is CN1C2CCC1CC(Sc1ccc(OCc3ccccc3C(F)(F)F)cc1Cl)C2. The Labute approximate surface area is 178 Å². The summed E-state index contributed by atoms with van der Waals surface area (Å²) in [7, 11) is 2.22. The zero-order valence-corrected chi connectivity index (χ0v) is 17.7. The normalized spacial score (nSPS) is 24.7. The molecule has 2 nitrogen and oxygen atoms in total. The molecule has 2 aromatic carbocycles. The second-order valence-corrected chi connectivity index (χ2v) is 9.55.